The SMILES string of the molecule is C[C@H]1C[C@H](n2ccc3c(N)ncnc32)C[C@@H]1CN(CC1CCC1)C1CC(CCc2nc3ccc(C(C)(C)C)cc3[nH]2)C1. The van der Waals surface area contributed by atoms with E-state index in [0.29, 0.717) is 11.9 Å². The number of benzene rings is 1. The molecule has 3 N–H and O–H groups in total. The molecule has 7 nitrogen and oxygen atoms in total. The molecule has 0 unspecified atom stereocenters. The predicted molar refractivity (Wildman–Crippen MR) is 171 cm³/mol. The van der Waals surface area contributed by atoms with Gasteiger partial charge in [0.2, 0.25) is 0 Å². The quantitative estimate of drug-likeness (QED) is 0.222. The molecule has 0 spiro atoms. The number of nitrogen functional groups attached to an aromatic ring is 1. The largest absolute Gasteiger partial charge is 0.383 e. The molecule has 0 aliphatic heterocycles. The lowest BCUT2D eigenvalue weighted by Gasteiger charge is -2.46. The highest BCUT2D eigenvalue weighted by molar-refractivity contribution is 5.86. The van der Waals surface area contributed by atoms with Crippen molar-refractivity contribution in [3.8, 4) is 0 Å². The number of rotatable bonds is 9. The van der Waals surface area contributed by atoms with Crippen LogP contribution in [0.5, 0.6) is 0 Å². The Morgan fingerprint density at radius 3 is 2.62 bits per heavy atom. The lowest BCUT2D eigenvalue weighted by Crippen LogP contribution is -2.49. The molecular formula is C35H49N7. The topological polar surface area (TPSA) is 88.7 Å². The third kappa shape index (κ3) is 5.45. The molecule has 3 aromatic heterocycles. The smallest absolute Gasteiger partial charge is 0.145 e. The van der Waals surface area contributed by atoms with Crippen molar-refractivity contribution >= 4 is 27.9 Å². The molecule has 7 rings (SSSR count). The van der Waals surface area contributed by atoms with Crippen molar-refractivity contribution in [2.45, 2.75) is 103 Å². The number of aromatic nitrogens is 5. The van der Waals surface area contributed by atoms with Crippen molar-refractivity contribution in [2.24, 2.45) is 23.7 Å². The van der Waals surface area contributed by atoms with Gasteiger partial charge in [-0.3, -0.25) is 4.90 Å². The van der Waals surface area contributed by atoms with Crippen LogP contribution in [-0.2, 0) is 11.8 Å². The highest BCUT2D eigenvalue weighted by atomic mass is 15.2. The zero-order valence-corrected chi connectivity index (χ0v) is 26.0. The van der Waals surface area contributed by atoms with Crippen molar-refractivity contribution in [2.75, 3.05) is 18.8 Å². The maximum absolute atomic E-state index is 6.14. The number of fused-ring (bicyclic) bond motifs is 2. The Bertz CT molecular complexity index is 1530. The fourth-order valence-corrected chi connectivity index (χ4v) is 7.97. The number of nitrogens with two attached hydrogens (primary N) is 1. The molecular weight excluding hydrogens is 518 g/mol. The van der Waals surface area contributed by atoms with Crippen LogP contribution in [0.2, 0.25) is 0 Å². The van der Waals surface area contributed by atoms with E-state index in [1.54, 1.807) is 6.33 Å². The molecule has 7 heteroatoms. The van der Waals surface area contributed by atoms with Crippen molar-refractivity contribution in [1.29, 1.82) is 0 Å². The van der Waals surface area contributed by atoms with Gasteiger partial charge in [-0.05, 0) is 97.8 Å². The number of hydrogen-bond donors (Lipinski definition) is 2. The van der Waals surface area contributed by atoms with Crippen LogP contribution in [0.4, 0.5) is 5.82 Å². The normalized spacial score (nSPS) is 26.7. The fraction of sp³-hybridized carbons (Fsp3) is 0.629. The number of anilines is 1. The van der Waals surface area contributed by atoms with Gasteiger partial charge >= 0.3 is 0 Å². The van der Waals surface area contributed by atoms with Crippen LogP contribution >= 0.6 is 0 Å². The van der Waals surface area contributed by atoms with E-state index in [9.17, 15) is 0 Å². The number of nitrogens with zero attached hydrogens (tertiary/aromatic N) is 5. The van der Waals surface area contributed by atoms with Crippen LogP contribution in [0.3, 0.4) is 0 Å². The van der Waals surface area contributed by atoms with Crippen LogP contribution in [0.25, 0.3) is 22.1 Å². The minimum atomic E-state index is 0.156. The first-order chi connectivity index (χ1) is 20.2. The summed E-state index contributed by atoms with van der Waals surface area (Å²) < 4.78 is 2.38. The zero-order valence-electron chi connectivity index (χ0n) is 26.0. The first-order valence-electron chi connectivity index (χ1n) is 16.5. The summed E-state index contributed by atoms with van der Waals surface area (Å²) >= 11 is 0. The summed E-state index contributed by atoms with van der Waals surface area (Å²) in [7, 11) is 0. The fourth-order valence-electron chi connectivity index (χ4n) is 7.97. The molecule has 0 amide bonds. The monoisotopic (exact) mass is 567 g/mol. The third-order valence-corrected chi connectivity index (χ3v) is 11.1. The molecule has 3 fully saturated rings. The molecule has 3 saturated carbocycles. The summed E-state index contributed by atoms with van der Waals surface area (Å²) in [6, 6.07) is 10.1. The van der Waals surface area contributed by atoms with Crippen LogP contribution < -0.4 is 5.73 Å². The highest BCUT2D eigenvalue weighted by Crippen LogP contribution is 2.44. The lowest BCUT2D eigenvalue weighted by molar-refractivity contribution is 0.0322. The lowest BCUT2D eigenvalue weighted by atomic mass is 9.75. The third-order valence-electron chi connectivity index (χ3n) is 11.1. The number of aryl methyl sites for hydroxylation is 1. The van der Waals surface area contributed by atoms with Crippen molar-refractivity contribution in [3.63, 3.8) is 0 Å². The van der Waals surface area contributed by atoms with Gasteiger partial charge in [0.1, 0.15) is 23.6 Å². The molecule has 3 aliphatic rings. The second-order valence-electron chi connectivity index (χ2n) is 15.0. The summed E-state index contributed by atoms with van der Waals surface area (Å²) in [4.78, 5) is 20.3. The van der Waals surface area contributed by atoms with Gasteiger partial charge in [0.05, 0.1) is 16.4 Å². The maximum Gasteiger partial charge on any atom is 0.145 e. The Labute approximate surface area is 250 Å². The van der Waals surface area contributed by atoms with Crippen LogP contribution in [0, 0.1) is 23.7 Å². The summed E-state index contributed by atoms with van der Waals surface area (Å²) in [5.41, 5.74) is 10.9. The first kappa shape index (κ1) is 27.9. The number of nitrogens with one attached hydrogen (secondary N) is 1. The van der Waals surface area contributed by atoms with E-state index in [2.05, 4.69) is 82.6 Å². The molecule has 0 radical (unpaired) electrons. The molecule has 0 saturated heterocycles. The second-order valence-corrected chi connectivity index (χ2v) is 15.0. The standard InChI is InChI=1S/C35H49N7/c1-22-14-28(42-13-12-29-33(36)37-21-38-34(29)42)17-25(22)20-41(19-23-6-5-7-23)27-15-24(16-27)8-11-32-39-30-10-9-26(35(2,3)4)18-31(30)40-32/h9-10,12-13,18,21-25,27-28H,5-8,11,14-17,19-20H2,1-4H3,(H,39,40)(H2,36,37,38)/t22-,24?,25+,27?,28-/m0/s1. The molecule has 224 valence electrons. The van der Waals surface area contributed by atoms with E-state index in [1.165, 1.54) is 75.5 Å². The summed E-state index contributed by atoms with van der Waals surface area (Å²) in [5, 5.41) is 0.984. The van der Waals surface area contributed by atoms with Crippen LogP contribution in [0.15, 0.2) is 36.8 Å². The molecule has 0 bridgehead atoms. The van der Waals surface area contributed by atoms with Gasteiger partial charge in [0.15, 0.2) is 0 Å². The van der Waals surface area contributed by atoms with Gasteiger partial charge in [-0.1, -0.05) is 40.2 Å². The molecule has 4 aromatic rings. The van der Waals surface area contributed by atoms with Gasteiger partial charge in [-0.25, -0.2) is 15.0 Å². The Balaban J connectivity index is 0.963. The van der Waals surface area contributed by atoms with Crippen molar-refractivity contribution < 1.29 is 0 Å². The zero-order chi connectivity index (χ0) is 29.0. The summed E-state index contributed by atoms with van der Waals surface area (Å²) in [5.74, 6) is 4.93. The minimum absolute atomic E-state index is 0.156. The number of imidazole rings is 1. The van der Waals surface area contributed by atoms with Gasteiger partial charge in [0, 0.05) is 37.8 Å². The van der Waals surface area contributed by atoms with E-state index < -0.39 is 0 Å². The van der Waals surface area contributed by atoms with Crippen LogP contribution in [-0.4, -0.2) is 48.5 Å². The van der Waals surface area contributed by atoms with E-state index in [0.717, 1.165) is 58.5 Å². The molecule has 3 heterocycles. The van der Waals surface area contributed by atoms with Crippen LogP contribution in [0.1, 0.15) is 96.5 Å². The van der Waals surface area contributed by atoms with Gasteiger partial charge < -0.3 is 15.3 Å². The average molecular weight is 568 g/mol. The maximum atomic E-state index is 6.14. The van der Waals surface area contributed by atoms with E-state index in [-0.39, 0.29) is 5.41 Å². The molecule has 3 atom stereocenters. The van der Waals surface area contributed by atoms with Crippen molar-refractivity contribution in [3.05, 3.63) is 48.2 Å². The molecule has 3 aliphatic carbocycles. The van der Waals surface area contributed by atoms with E-state index >= 15 is 0 Å². The molecule has 1 aromatic carbocycles. The Morgan fingerprint density at radius 2 is 1.86 bits per heavy atom. The molecule has 42 heavy (non-hydrogen) atoms. The van der Waals surface area contributed by atoms with Gasteiger partial charge in [0.25, 0.3) is 0 Å². The second kappa shape index (κ2) is 11.0. The summed E-state index contributed by atoms with van der Waals surface area (Å²) in [6.45, 7) is 11.8. The number of hydrogen-bond acceptors (Lipinski definition) is 5. The number of H-pyrrole nitrogens is 1. The van der Waals surface area contributed by atoms with Gasteiger partial charge in [-0.2, -0.15) is 0 Å². The van der Waals surface area contributed by atoms with E-state index in [1.807, 2.05) is 0 Å². The Kier molecular flexibility index (Phi) is 7.28. The Morgan fingerprint density at radius 1 is 1.02 bits per heavy atom. The Hall–Kier alpha value is -2.93. The highest BCUT2D eigenvalue weighted by Gasteiger charge is 2.39. The first-order valence-corrected chi connectivity index (χ1v) is 16.5. The van der Waals surface area contributed by atoms with Crippen molar-refractivity contribution in [1.82, 2.24) is 29.4 Å². The number of aromatic amines is 1. The van der Waals surface area contributed by atoms with E-state index in [4.69, 9.17) is 10.7 Å². The predicted octanol–water partition coefficient (Wildman–Crippen LogP) is 7.29. The minimum Gasteiger partial charge on any atom is -0.383 e. The average Bonchev–Trinajstić information content (AvgIpc) is 3.61. The van der Waals surface area contributed by atoms with Gasteiger partial charge in [-0.15, -0.1) is 0 Å². The summed E-state index contributed by atoms with van der Waals surface area (Å²) in [6.07, 6.45) is 15.5.